The van der Waals surface area contributed by atoms with E-state index in [-0.39, 0.29) is 13.0 Å². The molecule has 1 saturated heterocycles. The highest BCUT2D eigenvalue weighted by Gasteiger charge is 2.39. The largest absolute Gasteiger partial charge is 0.374 e. The Labute approximate surface area is 173 Å². The zero-order valence-corrected chi connectivity index (χ0v) is 16.9. The lowest BCUT2D eigenvalue weighted by atomic mass is 10.1. The van der Waals surface area contributed by atoms with Gasteiger partial charge in [-0.15, -0.1) is 10.2 Å². The number of alkyl halides is 2. The Hall–Kier alpha value is -2.65. The molecule has 0 aliphatic carbocycles. The van der Waals surface area contributed by atoms with Crippen molar-refractivity contribution in [2.24, 2.45) is 0 Å². The predicted octanol–water partition coefficient (Wildman–Crippen LogP) is 5.27. The Morgan fingerprint density at radius 2 is 2.00 bits per heavy atom. The van der Waals surface area contributed by atoms with Crippen molar-refractivity contribution in [1.29, 1.82) is 0 Å². The molecule has 148 valence electrons. The fraction of sp³-hybridized carbons (Fsp3) is 0.200. The number of anilines is 2. The van der Waals surface area contributed by atoms with Crippen LogP contribution >= 0.6 is 23.1 Å². The second-order valence-electron chi connectivity index (χ2n) is 6.98. The molecule has 2 aromatic heterocycles. The predicted molar refractivity (Wildman–Crippen MR) is 114 cm³/mol. The smallest absolute Gasteiger partial charge is 0.266 e. The summed E-state index contributed by atoms with van der Waals surface area (Å²) >= 11 is 2.78. The van der Waals surface area contributed by atoms with Gasteiger partial charge in [-0.3, -0.25) is 0 Å². The van der Waals surface area contributed by atoms with E-state index in [1.54, 1.807) is 4.90 Å². The van der Waals surface area contributed by atoms with Gasteiger partial charge >= 0.3 is 0 Å². The van der Waals surface area contributed by atoms with Crippen molar-refractivity contribution >= 4 is 44.8 Å². The van der Waals surface area contributed by atoms with Gasteiger partial charge in [-0.1, -0.05) is 41.3 Å². The molecule has 0 bridgehead atoms. The number of aromatic amines is 1. The lowest BCUT2D eigenvalue weighted by Crippen LogP contribution is -2.25. The first-order chi connectivity index (χ1) is 14.0. The SMILES string of the molecule is Nc1nnc(Sc2ccc(N3CCC(F)(F)C3)c(-c3cc4ccccc4[nH]3)c2)s1. The molecule has 0 radical (unpaired) electrons. The molecule has 5 rings (SSSR count). The summed E-state index contributed by atoms with van der Waals surface area (Å²) in [4.78, 5) is 6.13. The van der Waals surface area contributed by atoms with E-state index in [9.17, 15) is 8.78 Å². The number of rotatable bonds is 4. The molecule has 1 aliphatic rings. The highest BCUT2D eigenvalue weighted by molar-refractivity contribution is 8.01. The van der Waals surface area contributed by atoms with Crippen LogP contribution in [0.25, 0.3) is 22.2 Å². The van der Waals surface area contributed by atoms with E-state index in [2.05, 4.69) is 21.2 Å². The second-order valence-corrected chi connectivity index (χ2v) is 9.31. The monoisotopic (exact) mass is 429 g/mol. The standard InChI is InChI=1S/C20H17F2N5S2/c21-20(22)7-8-27(11-20)17-6-5-13(28-19-26-25-18(23)29-19)10-14(17)16-9-12-3-1-2-4-15(12)24-16/h1-6,9-10,24H,7-8,11H2,(H2,23,25). The molecule has 4 aromatic rings. The number of aromatic nitrogens is 3. The minimum atomic E-state index is -2.66. The minimum absolute atomic E-state index is 0.125. The Kier molecular flexibility index (Phi) is 4.44. The van der Waals surface area contributed by atoms with Crippen LogP contribution in [0.15, 0.2) is 57.8 Å². The molecule has 0 unspecified atom stereocenters. The van der Waals surface area contributed by atoms with Crippen molar-refractivity contribution in [3.8, 4) is 11.3 Å². The third-order valence-electron chi connectivity index (χ3n) is 4.93. The van der Waals surface area contributed by atoms with Crippen molar-refractivity contribution in [2.75, 3.05) is 23.7 Å². The van der Waals surface area contributed by atoms with E-state index < -0.39 is 5.92 Å². The van der Waals surface area contributed by atoms with Crippen LogP contribution < -0.4 is 10.6 Å². The Balaban J connectivity index is 1.58. The first-order valence-electron chi connectivity index (χ1n) is 9.09. The average Bonchev–Trinajstić information content (AvgIpc) is 3.39. The van der Waals surface area contributed by atoms with Gasteiger partial charge in [0.15, 0.2) is 4.34 Å². The molecule has 0 atom stereocenters. The summed E-state index contributed by atoms with van der Waals surface area (Å²) in [7, 11) is 0. The van der Waals surface area contributed by atoms with Crippen LogP contribution in [0, 0.1) is 0 Å². The normalized spacial score (nSPS) is 16.0. The van der Waals surface area contributed by atoms with E-state index in [1.807, 2.05) is 42.5 Å². The lowest BCUT2D eigenvalue weighted by molar-refractivity contribution is 0.0257. The van der Waals surface area contributed by atoms with Crippen molar-refractivity contribution in [1.82, 2.24) is 15.2 Å². The molecule has 9 heteroatoms. The van der Waals surface area contributed by atoms with Gasteiger partial charge in [-0.05, 0) is 30.3 Å². The van der Waals surface area contributed by atoms with E-state index in [4.69, 9.17) is 5.73 Å². The molecule has 3 N–H and O–H groups in total. The number of nitrogen functional groups attached to an aromatic ring is 1. The summed E-state index contributed by atoms with van der Waals surface area (Å²) in [5.74, 6) is -2.66. The molecule has 1 aliphatic heterocycles. The van der Waals surface area contributed by atoms with Gasteiger partial charge in [0.1, 0.15) is 0 Å². The molecule has 3 heterocycles. The number of nitrogens with two attached hydrogens (primary N) is 1. The Morgan fingerprint density at radius 3 is 2.72 bits per heavy atom. The number of halogens is 2. The molecule has 2 aromatic carbocycles. The molecule has 0 saturated carbocycles. The molecule has 0 spiro atoms. The number of benzene rings is 2. The third-order valence-corrected chi connectivity index (χ3v) is 6.72. The zero-order valence-electron chi connectivity index (χ0n) is 15.2. The van der Waals surface area contributed by atoms with Crippen molar-refractivity contribution in [3.05, 3.63) is 48.5 Å². The highest BCUT2D eigenvalue weighted by atomic mass is 32.2. The summed E-state index contributed by atoms with van der Waals surface area (Å²) in [6.07, 6.45) is -0.125. The lowest BCUT2D eigenvalue weighted by Gasteiger charge is -2.22. The number of para-hydroxylation sites is 1. The highest BCUT2D eigenvalue weighted by Crippen LogP contribution is 2.41. The first-order valence-corrected chi connectivity index (χ1v) is 10.7. The van der Waals surface area contributed by atoms with Gasteiger partial charge in [-0.2, -0.15) is 0 Å². The van der Waals surface area contributed by atoms with Crippen LogP contribution in [0.2, 0.25) is 0 Å². The minimum Gasteiger partial charge on any atom is -0.374 e. The van der Waals surface area contributed by atoms with Crippen molar-refractivity contribution in [3.63, 3.8) is 0 Å². The zero-order chi connectivity index (χ0) is 20.0. The number of hydrogen-bond donors (Lipinski definition) is 2. The van der Waals surface area contributed by atoms with Crippen LogP contribution in [0.3, 0.4) is 0 Å². The van der Waals surface area contributed by atoms with Crippen LogP contribution in [0.4, 0.5) is 19.6 Å². The van der Waals surface area contributed by atoms with Gasteiger partial charge in [0, 0.05) is 45.7 Å². The van der Waals surface area contributed by atoms with E-state index in [1.165, 1.54) is 23.1 Å². The second kappa shape index (κ2) is 7.00. The molecular formula is C20H17F2N5S2. The van der Waals surface area contributed by atoms with Gasteiger partial charge in [0.05, 0.1) is 6.54 Å². The summed E-state index contributed by atoms with van der Waals surface area (Å²) in [6.45, 7) is 0.0688. The van der Waals surface area contributed by atoms with Crippen LogP contribution in [-0.4, -0.2) is 34.2 Å². The fourth-order valence-corrected chi connectivity index (χ4v) is 5.24. The van der Waals surface area contributed by atoms with Crippen molar-refractivity contribution < 1.29 is 8.78 Å². The number of H-pyrrole nitrogens is 1. The van der Waals surface area contributed by atoms with E-state index >= 15 is 0 Å². The topological polar surface area (TPSA) is 70.8 Å². The Morgan fingerprint density at radius 1 is 1.14 bits per heavy atom. The number of fused-ring (bicyclic) bond motifs is 1. The average molecular weight is 430 g/mol. The molecule has 29 heavy (non-hydrogen) atoms. The number of nitrogens with one attached hydrogen (secondary N) is 1. The summed E-state index contributed by atoms with van der Waals surface area (Å²) in [5, 5.41) is 9.40. The number of nitrogens with zero attached hydrogens (tertiary/aromatic N) is 3. The molecule has 1 fully saturated rings. The summed E-state index contributed by atoms with van der Waals surface area (Å²) in [5.41, 5.74) is 9.28. The van der Waals surface area contributed by atoms with E-state index in [0.717, 1.165) is 37.1 Å². The van der Waals surface area contributed by atoms with Crippen LogP contribution in [0.1, 0.15) is 6.42 Å². The summed E-state index contributed by atoms with van der Waals surface area (Å²) < 4.78 is 28.5. The maximum absolute atomic E-state index is 13.9. The van der Waals surface area contributed by atoms with Crippen LogP contribution in [0.5, 0.6) is 0 Å². The maximum Gasteiger partial charge on any atom is 0.266 e. The van der Waals surface area contributed by atoms with Gasteiger partial charge < -0.3 is 15.6 Å². The Bertz CT molecular complexity index is 1150. The molecule has 0 amide bonds. The summed E-state index contributed by atoms with van der Waals surface area (Å²) in [6, 6.07) is 15.9. The third kappa shape index (κ3) is 3.67. The molecule has 5 nitrogen and oxygen atoms in total. The first kappa shape index (κ1) is 18.4. The fourth-order valence-electron chi connectivity index (χ4n) is 3.59. The number of hydrogen-bond acceptors (Lipinski definition) is 6. The van der Waals surface area contributed by atoms with E-state index in [0.29, 0.717) is 11.7 Å². The maximum atomic E-state index is 13.9. The van der Waals surface area contributed by atoms with Crippen LogP contribution in [-0.2, 0) is 0 Å². The van der Waals surface area contributed by atoms with Gasteiger partial charge in [-0.25, -0.2) is 8.78 Å². The quantitative estimate of drug-likeness (QED) is 0.463. The molecular weight excluding hydrogens is 412 g/mol. The van der Waals surface area contributed by atoms with Gasteiger partial charge in [0.2, 0.25) is 5.13 Å². The van der Waals surface area contributed by atoms with Gasteiger partial charge in [0.25, 0.3) is 5.92 Å². The van der Waals surface area contributed by atoms with Crippen molar-refractivity contribution in [2.45, 2.75) is 21.6 Å².